The average Bonchev–Trinajstić information content (AvgIpc) is 1.96. The Labute approximate surface area is 75.2 Å². The average molecular weight is 187 g/mol. The topological polar surface area (TPSA) is 17.1 Å². The standard InChI is InChI=1S/C9H8ClFO/c1-6-2-3-8(11)4-7(6)5-9(10)12/h2-4H,5H2,1H3. The van der Waals surface area contributed by atoms with Crippen LogP contribution in [0.4, 0.5) is 4.39 Å². The van der Waals surface area contributed by atoms with E-state index in [9.17, 15) is 9.18 Å². The maximum absolute atomic E-state index is 12.6. The van der Waals surface area contributed by atoms with Crippen molar-refractivity contribution in [3.8, 4) is 0 Å². The van der Waals surface area contributed by atoms with Crippen LogP contribution in [-0.4, -0.2) is 5.24 Å². The van der Waals surface area contributed by atoms with Gasteiger partial charge in [-0.25, -0.2) is 4.39 Å². The Morgan fingerprint density at radius 2 is 2.25 bits per heavy atom. The van der Waals surface area contributed by atoms with Crippen molar-refractivity contribution >= 4 is 16.8 Å². The molecule has 1 aromatic carbocycles. The van der Waals surface area contributed by atoms with Gasteiger partial charge in [0.25, 0.3) is 0 Å². The Morgan fingerprint density at radius 3 is 2.83 bits per heavy atom. The van der Waals surface area contributed by atoms with Crippen LogP contribution >= 0.6 is 11.6 Å². The molecule has 1 aromatic rings. The van der Waals surface area contributed by atoms with Gasteiger partial charge in [-0.3, -0.25) is 4.79 Å². The van der Waals surface area contributed by atoms with Gasteiger partial charge in [-0.1, -0.05) is 6.07 Å². The zero-order valence-corrected chi connectivity index (χ0v) is 7.36. The third-order valence-electron chi connectivity index (χ3n) is 1.64. The largest absolute Gasteiger partial charge is 0.281 e. The van der Waals surface area contributed by atoms with Crippen LogP contribution < -0.4 is 0 Å². The molecule has 0 atom stereocenters. The molecule has 0 fully saturated rings. The number of carbonyl (C=O) groups excluding carboxylic acids is 1. The summed E-state index contributed by atoms with van der Waals surface area (Å²) in [5, 5.41) is -0.469. The summed E-state index contributed by atoms with van der Waals surface area (Å²) < 4.78 is 12.6. The second-order valence-electron chi connectivity index (χ2n) is 2.60. The molecule has 0 aliphatic carbocycles. The van der Waals surface area contributed by atoms with Crippen LogP contribution in [0.2, 0.25) is 0 Å². The van der Waals surface area contributed by atoms with Crippen molar-refractivity contribution in [3.05, 3.63) is 35.1 Å². The highest BCUT2D eigenvalue weighted by Gasteiger charge is 2.03. The maximum atomic E-state index is 12.6. The van der Waals surface area contributed by atoms with E-state index in [1.807, 2.05) is 6.92 Å². The van der Waals surface area contributed by atoms with Crippen molar-refractivity contribution in [1.29, 1.82) is 0 Å². The first-order valence-corrected chi connectivity index (χ1v) is 3.91. The second kappa shape index (κ2) is 3.68. The fraction of sp³-hybridized carbons (Fsp3) is 0.222. The lowest BCUT2D eigenvalue weighted by Crippen LogP contribution is -1.96. The minimum atomic E-state index is -0.469. The predicted molar refractivity (Wildman–Crippen MR) is 45.7 cm³/mol. The molecular formula is C9H8ClFO. The Balaban J connectivity index is 2.97. The van der Waals surface area contributed by atoms with Crippen molar-refractivity contribution in [2.24, 2.45) is 0 Å². The maximum Gasteiger partial charge on any atom is 0.226 e. The van der Waals surface area contributed by atoms with Crippen molar-refractivity contribution in [2.45, 2.75) is 13.3 Å². The number of halogens is 2. The summed E-state index contributed by atoms with van der Waals surface area (Å²) >= 11 is 5.18. The van der Waals surface area contributed by atoms with E-state index in [4.69, 9.17) is 11.6 Å². The minimum absolute atomic E-state index is 0.0884. The van der Waals surface area contributed by atoms with Gasteiger partial charge in [0, 0.05) is 6.42 Å². The number of aryl methyl sites for hydroxylation is 1. The van der Waals surface area contributed by atoms with Crippen LogP contribution in [0.3, 0.4) is 0 Å². The molecule has 1 rings (SSSR count). The highest BCUT2D eigenvalue weighted by Crippen LogP contribution is 2.11. The molecular weight excluding hydrogens is 179 g/mol. The molecule has 0 aromatic heterocycles. The third kappa shape index (κ3) is 2.31. The third-order valence-corrected chi connectivity index (χ3v) is 1.77. The summed E-state index contributed by atoms with van der Waals surface area (Å²) in [6.07, 6.45) is 0.0884. The molecule has 0 bridgehead atoms. The number of hydrogen-bond acceptors (Lipinski definition) is 1. The normalized spacial score (nSPS) is 9.92. The van der Waals surface area contributed by atoms with E-state index in [0.29, 0.717) is 5.56 Å². The summed E-state index contributed by atoms with van der Waals surface area (Å²) in [5.41, 5.74) is 1.53. The smallest absolute Gasteiger partial charge is 0.226 e. The Morgan fingerprint density at radius 1 is 1.58 bits per heavy atom. The number of carbonyl (C=O) groups is 1. The second-order valence-corrected chi connectivity index (χ2v) is 3.02. The first kappa shape index (κ1) is 9.20. The molecule has 12 heavy (non-hydrogen) atoms. The Kier molecular flexibility index (Phi) is 2.82. The molecule has 0 saturated heterocycles. The highest BCUT2D eigenvalue weighted by molar-refractivity contribution is 6.63. The molecule has 0 spiro atoms. The van der Waals surface area contributed by atoms with Gasteiger partial charge in [0.2, 0.25) is 5.24 Å². The van der Waals surface area contributed by atoms with Crippen molar-refractivity contribution in [2.75, 3.05) is 0 Å². The first-order chi connectivity index (χ1) is 5.59. The van der Waals surface area contributed by atoms with E-state index in [2.05, 4.69) is 0 Å². The van der Waals surface area contributed by atoms with Gasteiger partial charge in [-0.2, -0.15) is 0 Å². The summed E-state index contributed by atoms with van der Waals surface area (Å²) in [6.45, 7) is 1.81. The van der Waals surface area contributed by atoms with Gasteiger partial charge >= 0.3 is 0 Å². The Bertz CT molecular complexity index is 309. The highest BCUT2D eigenvalue weighted by atomic mass is 35.5. The van der Waals surface area contributed by atoms with Crippen molar-refractivity contribution in [1.82, 2.24) is 0 Å². The zero-order chi connectivity index (χ0) is 9.14. The summed E-state index contributed by atoms with van der Waals surface area (Å²) in [7, 11) is 0. The van der Waals surface area contributed by atoms with Gasteiger partial charge in [0.15, 0.2) is 0 Å². The summed E-state index contributed by atoms with van der Waals surface area (Å²) in [6, 6.07) is 4.32. The molecule has 0 unspecified atom stereocenters. The molecule has 1 nitrogen and oxygen atoms in total. The van der Waals surface area contributed by atoms with Gasteiger partial charge in [-0.05, 0) is 41.8 Å². The van der Waals surface area contributed by atoms with Crippen LogP contribution in [0.1, 0.15) is 11.1 Å². The lowest BCUT2D eigenvalue weighted by molar-refractivity contribution is -0.111. The van der Waals surface area contributed by atoms with Crippen molar-refractivity contribution in [3.63, 3.8) is 0 Å². The molecule has 64 valence electrons. The van der Waals surface area contributed by atoms with E-state index in [0.717, 1.165) is 5.56 Å². The fourth-order valence-corrected chi connectivity index (χ4v) is 1.12. The van der Waals surface area contributed by atoms with Crippen LogP contribution in [0.15, 0.2) is 18.2 Å². The van der Waals surface area contributed by atoms with E-state index in [1.54, 1.807) is 6.07 Å². The van der Waals surface area contributed by atoms with E-state index >= 15 is 0 Å². The van der Waals surface area contributed by atoms with Crippen molar-refractivity contribution < 1.29 is 9.18 Å². The number of rotatable bonds is 2. The quantitative estimate of drug-likeness (QED) is 0.649. The molecule has 3 heteroatoms. The van der Waals surface area contributed by atoms with E-state index in [1.165, 1.54) is 12.1 Å². The minimum Gasteiger partial charge on any atom is -0.281 e. The predicted octanol–water partition coefficient (Wildman–Crippen LogP) is 2.44. The molecule has 0 saturated carbocycles. The number of benzene rings is 1. The summed E-state index contributed by atoms with van der Waals surface area (Å²) in [5.74, 6) is -0.339. The lowest BCUT2D eigenvalue weighted by atomic mass is 10.1. The fourth-order valence-electron chi connectivity index (χ4n) is 0.980. The van der Waals surface area contributed by atoms with Crippen LogP contribution in [-0.2, 0) is 11.2 Å². The molecule has 0 radical (unpaired) electrons. The molecule has 0 N–H and O–H groups in total. The summed E-state index contributed by atoms with van der Waals surface area (Å²) in [4.78, 5) is 10.5. The molecule has 0 aliphatic heterocycles. The zero-order valence-electron chi connectivity index (χ0n) is 6.60. The van der Waals surface area contributed by atoms with Crippen LogP contribution in [0, 0.1) is 12.7 Å². The van der Waals surface area contributed by atoms with Gasteiger partial charge < -0.3 is 0 Å². The van der Waals surface area contributed by atoms with Crippen LogP contribution in [0.25, 0.3) is 0 Å². The van der Waals surface area contributed by atoms with Gasteiger partial charge in [0.05, 0.1) is 0 Å². The van der Waals surface area contributed by atoms with Gasteiger partial charge in [0.1, 0.15) is 5.82 Å². The lowest BCUT2D eigenvalue weighted by Gasteiger charge is -2.01. The SMILES string of the molecule is Cc1ccc(F)cc1CC(=O)Cl. The first-order valence-electron chi connectivity index (χ1n) is 3.53. The molecule has 0 heterocycles. The molecule has 0 amide bonds. The monoisotopic (exact) mass is 186 g/mol. The Hall–Kier alpha value is -0.890. The van der Waals surface area contributed by atoms with E-state index in [-0.39, 0.29) is 12.2 Å². The molecule has 0 aliphatic rings. The van der Waals surface area contributed by atoms with Crippen LogP contribution in [0.5, 0.6) is 0 Å². The van der Waals surface area contributed by atoms with Gasteiger partial charge in [-0.15, -0.1) is 0 Å². The number of hydrogen-bond donors (Lipinski definition) is 0. The van der Waals surface area contributed by atoms with E-state index < -0.39 is 5.24 Å².